The summed E-state index contributed by atoms with van der Waals surface area (Å²) in [6.45, 7) is 1.75. The summed E-state index contributed by atoms with van der Waals surface area (Å²) >= 11 is 3.11. The molecule has 1 amide bonds. The predicted molar refractivity (Wildman–Crippen MR) is 38.2 cm³/mol. The molecule has 0 unspecified atom stereocenters. The smallest absolute Gasteiger partial charge is 0.259 e. The first-order valence-electron chi connectivity index (χ1n) is 2.55. The Hall–Kier alpha value is -0.0900. The molecule has 0 saturated heterocycles. The highest BCUT2D eigenvalue weighted by Gasteiger charge is 2.12. The largest absolute Gasteiger partial charge is 0.275 e. The average molecular weight is 196 g/mol. The summed E-state index contributed by atoms with van der Waals surface area (Å²) in [5, 5.41) is 1.18. The van der Waals surface area contributed by atoms with E-state index in [-0.39, 0.29) is 10.7 Å². The van der Waals surface area contributed by atoms with Gasteiger partial charge < -0.3 is 0 Å². The molecule has 0 aliphatic rings. The van der Waals surface area contributed by atoms with Crippen LogP contribution in [0.1, 0.15) is 6.92 Å². The van der Waals surface area contributed by atoms with Crippen LogP contribution in [0.5, 0.6) is 0 Å². The molecule has 0 saturated carbocycles. The average Bonchev–Trinajstić information content (AvgIpc) is 1.84. The monoisotopic (exact) mass is 195 g/mol. The maximum atomic E-state index is 10.8. The number of nitrogens with zero attached hydrogens (tertiary/aromatic N) is 1. The minimum atomic E-state index is -0.178. The molecule has 0 aromatic rings. The molecular formula is C5H10BrNO2. The van der Waals surface area contributed by atoms with Gasteiger partial charge in [-0.1, -0.05) is 15.9 Å². The second-order valence-electron chi connectivity index (χ2n) is 1.63. The fourth-order valence-electron chi connectivity index (χ4n) is 0.340. The van der Waals surface area contributed by atoms with E-state index in [4.69, 9.17) is 0 Å². The van der Waals surface area contributed by atoms with E-state index < -0.39 is 0 Å². The number of alkyl halides is 1. The van der Waals surface area contributed by atoms with Crippen molar-refractivity contribution in [1.29, 1.82) is 0 Å². The van der Waals surface area contributed by atoms with Crippen molar-refractivity contribution in [2.24, 2.45) is 0 Å². The van der Waals surface area contributed by atoms with Gasteiger partial charge in [-0.3, -0.25) is 9.63 Å². The van der Waals surface area contributed by atoms with Crippen LogP contribution < -0.4 is 0 Å². The molecule has 0 aliphatic carbocycles. The van der Waals surface area contributed by atoms with Crippen molar-refractivity contribution in [3.8, 4) is 0 Å². The number of rotatable bonds is 2. The SMILES string of the molecule is CON(C)C(=O)[C@@H](C)Br. The van der Waals surface area contributed by atoms with Crippen LogP contribution in [-0.2, 0) is 9.63 Å². The Morgan fingerprint density at radius 1 is 1.78 bits per heavy atom. The van der Waals surface area contributed by atoms with Crippen molar-refractivity contribution >= 4 is 21.8 Å². The molecule has 0 radical (unpaired) electrons. The van der Waals surface area contributed by atoms with E-state index in [0.29, 0.717) is 0 Å². The van der Waals surface area contributed by atoms with Crippen LogP contribution in [0.15, 0.2) is 0 Å². The first kappa shape index (κ1) is 8.91. The van der Waals surface area contributed by atoms with Crippen LogP contribution >= 0.6 is 15.9 Å². The van der Waals surface area contributed by atoms with E-state index in [1.54, 1.807) is 14.0 Å². The lowest BCUT2D eigenvalue weighted by Crippen LogP contribution is -2.30. The summed E-state index contributed by atoms with van der Waals surface area (Å²) in [5.74, 6) is -0.0856. The van der Waals surface area contributed by atoms with Crippen molar-refractivity contribution in [3.63, 3.8) is 0 Å². The topological polar surface area (TPSA) is 29.5 Å². The zero-order valence-electron chi connectivity index (χ0n) is 5.72. The fourth-order valence-corrected chi connectivity index (χ4v) is 0.629. The quantitative estimate of drug-likeness (QED) is 0.482. The Morgan fingerprint density at radius 2 is 2.22 bits per heavy atom. The molecule has 0 spiro atoms. The van der Waals surface area contributed by atoms with Gasteiger partial charge in [-0.2, -0.15) is 0 Å². The first-order chi connectivity index (χ1) is 4.09. The Labute approximate surface area is 63.1 Å². The molecule has 0 bridgehead atoms. The summed E-state index contributed by atoms with van der Waals surface area (Å²) in [6, 6.07) is 0. The summed E-state index contributed by atoms with van der Waals surface area (Å²) in [4.78, 5) is 15.3. The Morgan fingerprint density at radius 3 is 2.33 bits per heavy atom. The number of halogens is 1. The summed E-state index contributed by atoms with van der Waals surface area (Å²) < 4.78 is 0. The number of carbonyl (C=O) groups excluding carboxylic acids is 1. The molecule has 0 N–H and O–H groups in total. The third-order valence-electron chi connectivity index (χ3n) is 0.925. The summed E-state index contributed by atoms with van der Waals surface area (Å²) in [7, 11) is 3.02. The molecule has 0 aromatic carbocycles. The maximum Gasteiger partial charge on any atom is 0.259 e. The van der Waals surface area contributed by atoms with Crippen LogP contribution in [-0.4, -0.2) is 30.0 Å². The van der Waals surface area contributed by atoms with E-state index >= 15 is 0 Å². The highest BCUT2D eigenvalue weighted by Crippen LogP contribution is 2.01. The molecule has 0 fully saturated rings. The number of hydrogen-bond donors (Lipinski definition) is 0. The lowest BCUT2D eigenvalue weighted by atomic mass is 10.5. The van der Waals surface area contributed by atoms with Crippen molar-refractivity contribution in [2.45, 2.75) is 11.8 Å². The van der Waals surface area contributed by atoms with Crippen molar-refractivity contribution in [3.05, 3.63) is 0 Å². The van der Waals surface area contributed by atoms with Crippen LogP contribution in [0.4, 0.5) is 0 Å². The molecule has 0 aromatic heterocycles. The maximum absolute atomic E-state index is 10.8. The van der Waals surface area contributed by atoms with Crippen LogP contribution in [0.25, 0.3) is 0 Å². The van der Waals surface area contributed by atoms with Crippen molar-refractivity contribution < 1.29 is 9.63 Å². The van der Waals surface area contributed by atoms with Gasteiger partial charge in [0.2, 0.25) is 0 Å². The molecule has 54 valence electrons. The lowest BCUT2D eigenvalue weighted by Gasteiger charge is -2.14. The normalized spacial score (nSPS) is 12.9. The first-order valence-corrected chi connectivity index (χ1v) is 3.47. The molecule has 0 heterocycles. The summed E-state index contributed by atoms with van der Waals surface area (Å²) in [6.07, 6.45) is 0. The number of hydroxylamine groups is 2. The Kier molecular flexibility index (Phi) is 3.81. The highest BCUT2D eigenvalue weighted by molar-refractivity contribution is 9.10. The van der Waals surface area contributed by atoms with E-state index in [1.807, 2.05) is 0 Å². The van der Waals surface area contributed by atoms with Gasteiger partial charge >= 0.3 is 0 Å². The highest BCUT2D eigenvalue weighted by atomic mass is 79.9. The second-order valence-corrected chi connectivity index (χ2v) is 3.01. The van der Waals surface area contributed by atoms with Gasteiger partial charge in [0.05, 0.1) is 11.9 Å². The van der Waals surface area contributed by atoms with Crippen molar-refractivity contribution in [1.82, 2.24) is 5.06 Å². The van der Waals surface area contributed by atoms with Gasteiger partial charge in [0.25, 0.3) is 5.91 Å². The minimum Gasteiger partial charge on any atom is -0.275 e. The van der Waals surface area contributed by atoms with E-state index in [2.05, 4.69) is 20.8 Å². The van der Waals surface area contributed by atoms with Gasteiger partial charge in [-0.25, -0.2) is 5.06 Å². The Balaban J connectivity index is 3.73. The summed E-state index contributed by atoms with van der Waals surface area (Å²) in [5.41, 5.74) is 0. The number of hydrogen-bond acceptors (Lipinski definition) is 2. The molecule has 9 heavy (non-hydrogen) atoms. The number of amides is 1. The minimum absolute atomic E-state index is 0.0856. The van der Waals surface area contributed by atoms with Gasteiger partial charge in [0, 0.05) is 7.05 Å². The Bertz CT molecular complexity index is 105. The zero-order chi connectivity index (χ0) is 7.44. The standard InChI is InChI=1S/C5H10BrNO2/c1-4(6)5(8)7(2)9-3/h4H,1-3H3/t4-/m1/s1. The molecule has 4 heteroatoms. The molecule has 3 nitrogen and oxygen atoms in total. The van der Waals surface area contributed by atoms with Crippen LogP contribution in [0.3, 0.4) is 0 Å². The van der Waals surface area contributed by atoms with E-state index in [0.717, 1.165) is 0 Å². The number of carbonyl (C=O) groups is 1. The van der Waals surface area contributed by atoms with E-state index in [1.165, 1.54) is 12.2 Å². The third kappa shape index (κ3) is 2.81. The van der Waals surface area contributed by atoms with Crippen LogP contribution in [0.2, 0.25) is 0 Å². The van der Waals surface area contributed by atoms with E-state index in [9.17, 15) is 4.79 Å². The predicted octanol–water partition coefficient (Wildman–Crippen LogP) is 0.790. The fraction of sp³-hybridized carbons (Fsp3) is 0.800. The lowest BCUT2D eigenvalue weighted by molar-refractivity contribution is -0.167. The second kappa shape index (κ2) is 3.85. The molecule has 0 rings (SSSR count). The third-order valence-corrected chi connectivity index (χ3v) is 1.32. The molecular weight excluding hydrogens is 186 g/mol. The molecule has 1 atom stereocenters. The van der Waals surface area contributed by atoms with Crippen molar-refractivity contribution in [2.75, 3.05) is 14.2 Å². The van der Waals surface area contributed by atoms with Gasteiger partial charge in [0.1, 0.15) is 0 Å². The van der Waals surface area contributed by atoms with Gasteiger partial charge in [0.15, 0.2) is 0 Å². The zero-order valence-corrected chi connectivity index (χ0v) is 7.31. The van der Waals surface area contributed by atoms with Gasteiger partial charge in [-0.15, -0.1) is 0 Å². The molecule has 0 aliphatic heterocycles. The van der Waals surface area contributed by atoms with Gasteiger partial charge in [-0.05, 0) is 6.92 Å². The van der Waals surface area contributed by atoms with Crippen LogP contribution in [0, 0.1) is 0 Å².